The fourth-order valence-corrected chi connectivity index (χ4v) is 4.35. The largest absolute Gasteiger partial charge is 0.478 e. The molecule has 3 rings (SSSR count). The van der Waals surface area contributed by atoms with Crippen LogP contribution >= 0.6 is 11.8 Å². The van der Waals surface area contributed by atoms with E-state index in [1.54, 1.807) is 30.0 Å². The first kappa shape index (κ1) is 19.5. The topological polar surface area (TPSA) is 57.6 Å². The van der Waals surface area contributed by atoms with Gasteiger partial charge >= 0.3 is 5.97 Å². The van der Waals surface area contributed by atoms with Crippen molar-refractivity contribution in [1.29, 1.82) is 0 Å². The van der Waals surface area contributed by atoms with Crippen LogP contribution < -0.4 is 0 Å². The summed E-state index contributed by atoms with van der Waals surface area (Å²) in [5, 5.41) is 9.04. The number of hydrogen-bond acceptors (Lipinski definition) is 3. The van der Waals surface area contributed by atoms with Gasteiger partial charge in [0.1, 0.15) is 0 Å². The predicted octanol–water partition coefficient (Wildman–Crippen LogP) is 4.10. The summed E-state index contributed by atoms with van der Waals surface area (Å²) in [7, 11) is 0. The van der Waals surface area contributed by atoms with Gasteiger partial charge in [-0.2, -0.15) is 0 Å². The van der Waals surface area contributed by atoms with E-state index in [0.717, 1.165) is 37.9 Å². The number of thioether (sulfide) groups is 1. The van der Waals surface area contributed by atoms with Crippen molar-refractivity contribution < 1.29 is 14.7 Å². The van der Waals surface area contributed by atoms with Gasteiger partial charge in [0.25, 0.3) is 0 Å². The molecule has 0 spiro atoms. The molecule has 2 aromatic carbocycles. The molecule has 0 aromatic heterocycles. The van der Waals surface area contributed by atoms with E-state index < -0.39 is 5.97 Å². The first-order chi connectivity index (χ1) is 13.1. The molecule has 27 heavy (non-hydrogen) atoms. The van der Waals surface area contributed by atoms with Gasteiger partial charge in [0.15, 0.2) is 0 Å². The molecule has 0 saturated carbocycles. The summed E-state index contributed by atoms with van der Waals surface area (Å²) >= 11 is 1.55. The van der Waals surface area contributed by atoms with Gasteiger partial charge in [-0.15, -0.1) is 11.8 Å². The van der Waals surface area contributed by atoms with E-state index in [1.165, 1.54) is 5.56 Å². The molecule has 142 valence electrons. The summed E-state index contributed by atoms with van der Waals surface area (Å²) < 4.78 is 0. The summed E-state index contributed by atoms with van der Waals surface area (Å²) in [6.07, 6.45) is 3.22. The van der Waals surface area contributed by atoms with E-state index in [-0.39, 0.29) is 5.91 Å². The Hall–Kier alpha value is -2.27. The lowest BCUT2D eigenvalue weighted by Crippen LogP contribution is -2.39. The molecule has 0 bridgehead atoms. The number of likely N-dealkylation sites (tertiary alicyclic amines) is 1. The van der Waals surface area contributed by atoms with Gasteiger partial charge in [0.05, 0.1) is 11.3 Å². The molecule has 0 atom stereocenters. The summed E-state index contributed by atoms with van der Waals surface area (Å²) in [5.41, 5.74) is 2.61. The number of carbonyl (C=O) groups is 2. The highest BCUT2D eigenvalue weighted by atomic mass is 32.2. The van der Waals surface area contributed by atoms with E-state index >= 15 is 0 Å². The zero-order chi connectivity index (χ0) is 19.1. The highest BCUT2D eigenvalue weighted by Gasteiger charge is 2.22. The Kier molecular flexibility index (Phi) is 6.93. The zero-order valence-electron chi connectivity index (χ0n) is 15.3. The second-order valence-corrected chi connectivity index (χ2v) is 8.00. The molecule has 2 aromatic rings. The fraction of sp³-hybridized carbons (Fsp3) is 0.364. The number of nitrogens with zero attached hydrogens (tertiary/aromatic N) is 1. The van der Waals surface area contributed by atoms with Crippen LogP contribution in [0.4, 0.5) is 0 Å². The van der Waals surface area contributed by atoms with Gasteiger partial charge in [-0.1, -0.05) is 42.5 Å². The Morgan fingerprint density at radius 3 is 2.41 bits per heavy atom. The molecule has 4 nitrogen and oxygen atoms in total. The first-order valence-electron chi connectivity index (χ1n) is 9.33. The number of piperidine rings is 1. The molecule has 1 aliphatic rings. The van der Waals surface area contributed by atoms with Gasteiger partial charge in [0.2, 0.25) is 5.91 Å². The molecule has 0 aliphatic carbocycles. The van der Waals surface area contributed by atoms with Crippen molar-refractivity contribution in [3.05, 3.63) is 71.3 Å². The second kappa shape index (κ2) is 9.60. The third kappa shape index (κ3) is 5.86. The Bertz CT molecular complexity index is 770. The fourth-order valence-electron chi connectivity index (χ4n) is 3.48. The number of amides is 1. The van der Waals surface area contributed by atoms with E-state index in [2.05, 4.69) is 24.3 Å². The maximum absolute atomic E-state index is 12.4. The summed E-state index contributed by atoms with van der Waals surface area (Å²) in [6, 6.07) is 17.5. The SMILES string of the molecule is O=C(O)c1cccc(CSCC(=O)N2CCC(Cc3ccccc3)CC2)c1. The van der Waals surface area contributed by atoms with Crippen LogP contribution in [0.15, 0.2) is 54.6 Å². The Balaban J connectivity index is 1.39. The number of carbonyl (C=O) groups excluding carboxylic acids is 1. The van der Waals surface area contributed by atoms with Crippen LogP contribution in [0, 0.1) is 5.92 Å². The molecule has 0 unspecified atom stereocenters. The van der Waals surface area contributed by atoms with Crippen molar-refractivity contribution in [2.24, 2.45) is 5.92 Å². The summed E-state index contributed by atoms with van der Waals surface area (Å²) in [5.74, 6) is 1.02. The lowest BCUT2D eigenvalue weighted by Gasteiger charge is -2.32. The molecule has 1 heterocycles. The van der Waals surface area contributed by atoms with E-state index in [4.69, 9.17) is 5.11 Å². The minimum absolute atomic E-state index is 0.188. The average Bonchev–Trinajstić information content (AvgIpc) is 2.69. The van der Waals surface area contributed by atoms with Gasteiger partial charge in [0, 0.05) is 18.8 Å². The molecule has 1 N–H and O–H groups in total. The minimum Gasteiger partial charge on any atom is -0.478 e. The van der Waals surface area contributed by atoms with E-state index in [9.17, 15) is 9.59 Å². The Morgan fingerprint density at radius 2 is 1.70 bits per heavy atom. The van der Waals surface area contributed by atoms with Gasteiger partial charge in [-0.05, 0) is 48.4 Å². The number of carboxylic acid groups (broad SMARTS) is 1. The average molecular weight is 384 g/mol. The lowest BCUT2D eigenvalue weighted by molar-refractivity contribution is -0.129. The van der Waals surface area contributed by atoms with Crippen LogP contribution in [0.5, 0.6) is 0 Å². The molecule has 1 saturated heterocycles. The third-order valence-corrected chi connectivity index (χ3v) is 5.99. The summed E-state index contributed by atoms with van der Waals surface area (Å²) in [6.45, 7) is 1.68. The van der Waals surface area contributed by atoms with Crippen molar-refractivity contribution >= 4 is 23.6 Å². The van der Waals surface area contributed by atoms with Gasteiger partial charge in [-0.25, -0.2) is 4.79 Å². The molecule has 1 fully saturated rings. The van der Waals surface area contributed by atoms with Crippen LogP contribution in [0.25, 0.3) is 0 Å². The highest BCUT2D eigenvalue weighted by molar-refractivity contribution is 7.99. The molecule has 0 radical (unpaired) electrons. The monoisotopic (exact) mass is 383 g/mol. The highest BCUT2D eigenvalue weighted by Crippen LogP contribution is 2.23. The summed E-state index contributed by atoms with van der Waals surface area (Å²) in [4.78, 5) is 25.4. The zero-order valence-corrected chi connectivity index (χ0v) is 16.2. The lowest BCUT2D eigenvalue weighted by atomic mass is 9.90. The number of carboxylic acids is 1. The third-order valence-electron chi connectivity index (χ3n) is 5.00. The number of benzene rings is 2. The van der Waals surface area contributed by atoms with Crippen molar-refractivity contribution in [2.75, 3.05) is 18.8 Å². The second-order valence-electron chi connectivity index (χ2n) is 7.01. The van der Waals surface area contributed by atoms with Crippen LogP contribution in [0.2, 0.25) is 0 Å². The van der Waals surface area contributed by atoms with Crippen LogP contribution in [-0.4, -0.2) is 40.7 Å². The molecule has 1 amide bonds. The predicted molar refractivity (Wildman–Crippen MR) is 109 cm³/mol. The minimum atomic E-state index is -0.920. The molecule has 1 aliphatic heterocycles. The van der Waals surface area contributed by atoms with Crippen molar-refractivity contribution in [3.63, 3.8) is 0 Å². The van der Waals surface area contributed by atoms with Crippen molar-refractivity contribution in [1.82, 2.24) is 4.90 Å². The molecular weight excluding hydrogens is 358 g/mol. The molecule has 5 heteroatoms. The van der Waals surface area contributed by atoms with Crippen LogP contribution in [0.3, 0.4) is 0 Å². The van der Waals surface area contributed by atoms with Crippen LogP contribution in [-0.2, 0) is 17.0 Å². The van der Waals surface area contributed by atoms with Gasteiger partial charge < -0.3 is 10.0 Å². The maximum atomic E-state index is 12.4. The van der Waals surface area contributed by atoms with Crippen LogP contribution in [0.1, 0.15) is 34.3 Å². The Morgan fingerprint density at radius 1 is 1.00 bits per heavy atom. The quantitative estimate of drug-likeness (QED) is 0.782. The first-order valence-corrected chi connectivity index (χ1v) is 10.5. The molecular formula is C22H25NO3S. The smallest absolute Gasteiger partial charge is 0.335 e. The number of aromatic carboxylic acids is 1. The van der Waals surface area contributed by atoms with E-state index in [0.29, 0.717) is 23.0 Å². The van der Waals surface area contributed by atoms with Gasteiger partial charge in [-0.3, -0.25) is 4.79 Å². The maximum Gasteiger partial charge on any atom is 0.335 e. The number of hydrogen-bond donors (Lipinski definition) is 1. The van der Waals surface area contributed by atoms with Crippen molar-refractivity contribution in [2.45, 2.75) is 25.0 Å². The number of rotatable bonds is 7. The standard InChI is InChI=1S/C22H25NO3S/c24-21(16-27-15-19-7-4-8-20(14-19)22(25)26)23-11-9-18(10-12-23)13-17-5-2-1-3-6-17/h1-8,14,18H,9-13,15-16H2,(H,25,26). The van der Waals surface area contributed by atoms with Crippen molar-refractivity contribution in [3.8, 4) is 0 Å². The Labute approximate surface area is 164 Å². The normalized spacial score (nSPS) is 14.9. The van der Waals surface area contributed by atoms with E-state index in [1.807, 2.05) is 17.0 Å².